The molecule has 25 heavy (non-hydrogen) atoms. The van der Waals surface area contributed by atoms with Crippen LogP contribution in [-0.2, 0) is 35.5 Å². The summed E-state index contributed by atoms with van der Waals surface area (Å²) in [6.07, 6.45) is 1.58. The number of methoxy groups -OCH3 is 1. The molecule has 0 atom stereocenters. The number of oxazole rings is 1. The second-order valence-electron chi connectivity index (χ2n) is 6.21. The van der Waals surface area contributed by atoms with Crippen molar-refractivity contribution < 1.29 is 13.9 Å². The molecule has 0 saturated heterocycles. The molecule has 0 aromatic carbocycles. The van der Waals surface area contributed by atoms with Crippen LogP contribution in [0.25, 0.3) is 0 Å². The predicted molar refractivity (Wildman–Crippen MR) is 89.0 cm³/mol. The number of carbonyl (C=O) groups is 1. The maximum Gasteiger partial charge on any atom is 0.345 e. The topological polar surface area (TPSA) is 101 Å². The molecule has 0 spiro atoms. The van der Waals surface area contributed by atoms with Crippen LogP contribution in [0.5, 0.6) is 0 Å². The number of nitrogens with zero attached hydrogens (tertiary/aromatic N) is 3. The van der Waals surface area contributed by atoms with Gasteiger partial charge in [0.1, 0.15) is 18.1 Å². The SMILES string of the molecule is COCc1nc2c(o1)CCN(C(=O)CCc1c(C)nc(=O)[nH]c1C)C2. The van der Waals surface area contributed by atoms with Gasteiger partial charge in [-0.05, 0) is 25.8 Å². The van der Waals surface area contributed by atoms with Crippen LogP contribution in [0.15, 0.2) is 9.21 Å². The number of hydrogen-bond donors (Lipinski definition) is 1. The van der Waals surface area contributed by atoms with E-state index in [1.807, 2.05) is 6.92 Å². The highest BCUT2D eigenvalue weighted by molar-refractivity contribution is 5.76. The smallest absolute Gasteiger partial charge is 0.345 e. The fraction of sp³-hybridized carbons (Fsp3) is 0.529. The van der Waals surface area contributed by atoms with Crippen molar-refractivity contribution in [3.05, 3.63) is 44.8 Å². The van der Waals surface area contributed by atoms with Crippen molar-refractivity contribution in [2.24, 2.45) is 0 Å². The largest absolute Gasteiger partial charge is 0.443 e. The molecule has 3 heterocycles. The van der Waals surface area contributed by atoms with E-state index in [1.165, 1.54) is 0 Å². The Morgan fingerprint density at radius 3 is 2.88 bits per heavy atom. The van der Waals surface area contributed by atoms with Gasteiger partial charge >= 0.3 is 5.69 Å². The van der Waals surface area contributed by atoms with Gasteiger partial charge < -0.3 is 19.0 Å². The Hall–Kier alpha value is -2.48. The minimum absolute atomic E-state index is 0.0620. The Kier molecular flexibility index (Phi) is 4.98. The van der Waals surface area contributed by atoms with E-state index >= 15 is 0 Å². The molecule has 8 nitrogen and oxygen atoms in total. The van der Waals surface area contributed by atoms with Gasteiger partial charge in [0.2, 0.25) is 11.8 Å². The summed E-state index contributed by atoms with van der Waals surface area (Å²) in [5.41, 5.74) is 2.83. The Morgan fingerprint density at radius 1 is 1.36 bits per heavy atom. The van der Waals surface area contributed by atoms with Crippen LogP contribution in [0.2, 0.25) is 0 Å². The van der Waals surface area contributed by atoms with E-state index in [0.717, 1.165) is 22.7 Å². The summed E-state index contributed by atoms with van der Waals surface area (Å²) in [4.78, 5) is 36.7. The maximum absolute atomic E-state index is 12.6. The van der Waals surface area contributed by atoms with Crippen molar-refractivity contribution in [2.75, 3.05) is 13.7 Å². The van der Waals surface area contributed by atoms with E-state index < -0.39 is 0 Å². The molecule has 1 aliphatic rings. The van der Waals surface area contributed by atoms with Gasteiger partial charge in [-0.1, -0.05) is 0 Å². The molecule has 0 aliphatic carbocycles. The molecule has 0 bridgehead atoms. The molecule has 1 aliphatic heterocycles. The number of H-pyrrole nitrogens is 1. The molecular weight excluding hydrogens is 324 g/mol. The fourth-order valence-corrected chi connectivity index (χ4v) is 3.16. The Bertz CT molecular complexity index is 813. The zero-order valence-corrected chi connectivity index (χ0v) is 14.7. The van der Waals surface area contributed by atoms with E-state index in [1.54, 1.807) is 18.9 Å². The van der Waals surface area contributed by atoms with E-state index in [-0.39, 0.29) is 11.6 Å². The first-order valence-electron chi connectivity index (χ1n) is 8.28. The molecular formula is C17H22N4O4. The van der Waals surface area contributed by atoms with Gasteiger partial charge in [0.05, 0.1) is 6.54 Å². The van der Waals surface area contributed by atoms with Crippen LogP contribution in [0.1, 0.15) is 40.7 Å². The third-order valence-corrected chi connectivity index (χ3v) is 4.43. The number of aromatic nitrogens is 3. The molecule has 0 saturated carbocycles. The lowest BCUT2D eigenvalue weighted by molar-refractivity contribution is -0.132. The maximum atomic E-state index is 12.6. The van der Waals surface area contributed by atoms with Crippen molar-refractivity contribution in [2.45, 2.75) is 46.3 Å². The number of ether oxygens (including phenoxy) is 1. The molecule has 0 unspecified atom stereocenters. The first-order chi connectivity index (χ1) is 12.0. The molecule has 2 aromatic rings. The standard InChI is InChI=1S/C17H22N4O4/c1-10-12(11(2)19-17(23)18-10)4-5-16(22)21-7-6-14-13(8-21)20-15(25-14)9-24-3/h4-9H2,1-3H3,(H,18,19,23). The van der Waals surface area contributed by atoms with Crippen molar-refractivity contribution in [1.29, 1.82) is 0 Å². The van der Waals surface area contributed by atoms with E-state index in [2.05, 4.69) is 15.0 Å². The summed E-state index contributed by atoms with van der Waals surface area (Å²) in [7, 11) is 1.59. The first-order valence-corrected chi connectivity index (χ1v) is 8.28. The van der Waals surface area contributed by atoms with E-state index in [9.17, 15) is 9.59 Å². The van der Waals surface area contributed by atoms with Gasteiger partial charge in [-0.15, -0.1) is 0 Å². The molecule has 0 fully saturated rings. The third-order valence-electron chi connectivity index (χ3n) is 4.43. The minimum Gasteiger partial charge on any atom is -0.443 e. The summed E-state index contributed by atoms with van der Waals surface area (Å²) >= 11 is 0. The van der Waals surface area contributed by atoms with Gasteiger partial charge in [-0.25, -0.2) is 9.78 Å². The first kappa shape index (κ1) is 17.3. The molecule has 2 aromatic heterocycles. The lowest BCUT2D eigenvalue weighted by Crippen LogP contribution is -2.36. The van der Waals surface area contributed by atoms with Gasteiger partial charge in [0.15, 0.2) is 0 Å². The Morgan fingerprint density at radius 2 is 2.16 bits per heavy atom. The summed E-state index contributed by atoms with van der Waals surface area (Å²) in [6.45, 7) is 5.04. The Balaban J connectivity index is 1.63. The molecule has 134 valence electrons. The molecule has 8 heteroatoms. The molecule has 0 radical (unpaired) electrons. The molecule has 1 amide bonds. The van der Waals surface area contributed by atoms with Crippen LogP contribution in [-0.4, -0.2) is 39.4 Å². The molecule has 1 N–H and O–H groups in total. The monoisotopic (exact) mass is 346 g/mol. The fourth-order valence-electron chi connectivity index (χ4n) is 3.16. The predicted octanol–water partition coefficient (Wildman–Crippen LogP) is 1.04. The summed E-state index contributed by atoms with van der Waals surface area (Å²) in [5, 5.41) is 0. The summed E-state index contributed by atoms with van der Waals surface area (Å²) < 4.78 is 10.7. The summed E-state index contributed by atoms with van der Waals surface area (Å²) in [5.74, 6) is 1.45. The number of carbonyl (C=O) groups excluding carboxylic acids is 1. The molecule has 3 rings (SSSR count). The zero-order valence-electron chi connectivity index (χ0n) is 14.7. The number of hydrogen-bond acceptors (Lipinski definition) is 6. The van der Waals surface area contributed by atoms with Crippen molar-refractivity contribution in [1.82, 2.24) is 19.9 Å². The van der Waals surface area contributed by atoms with Gasteiger partial charge in [0, 0.05) is 37.9 Å². The van der Waals surface area contributed by atoms with Crippen molar-refractivity contribution in [3.63, 3.8) is 0 Å². The van der Waals surface area contributed by atoms with Crippen molar-refractivity contribution in [3.8, 4) is 0 Å². The van der Waals surface area contributed by atoms with Crippen LogP contribution >= 0.6 is 0 Å². The number of fused-ring (bicyclic) bond motifs is 1. The van der Waals surface area contributed by atoms with Crippen LogP contribution in [0.4, 0.5) is 0 Å². The average Bonchev–Trinajstić information content (AvgIpc) is 2.95. The quantitative estimate of drug-likeness (QED) is 0.868. The number of aromatic amines is 1. The summed E-state index contributed by atoms with van der Waals surface area (Å²) in [6, 6.07) is 0. The lowest BCUT2D eigenvalue weighted by Gasteiger charge is -2.25. The second-order valence-corrected chi connectivity index (χ2v) is 6.21. The average molecular weight is 346 g/mol. The van der Waals surface area contributed by atoms with E-state index in [4.69, 9.17) is 9.15 Å². The second kappa shape index (κ2) is 7.18. The van der Waals surface area contributed by atoms with Gasteiger partial charge in [0.25, 0.3) is 0 Å². The van der Waals surface area contributed by atoms with Gasteiger partial charge in [-0.3, -0.25) is 4.79 Å². The zero-order chi connectivity index (χ0) is 18.0. The minimum atomic E-state index is -0.355. The van der Waals surface area contributed by atoms with E-state index in [0.29, 0.717) is 50.5 Å². The number of aryl methyl sites for hydroxylation is 2. The normalized spacial score (nSPS) is 13.8. The van der Waals surface area contributed by atoms with Crippen molar-refractivity contribution >= 4 is 5.91 Å². The third kappa shape index (κ3) is 3.79. The number of rotatable bonds is 5. The highest BCUT2D eigenvalue weighted by atomic mass is 16.5. The lowest BCUT2D eigenvalue weighted by atomic mass is 10.1. The number of nitrogens with one attached hydrogen (secondary N) is 1. The van der Waals surface area contributed by atoms with Crippen LogP contribution in [0.3, 0.4) is 0 Å². The highest BCUT2D eigenvalue weighted by Crippen LogP contribution is 2.21. The number of amides is 1. The highest BCUT2D eigenvalue weighted by Gasteiger charge is 2.25. The van der Waals surface area contributed by atoms with Crippen LogP contribution < -0.4 is 5.69 Å². The van der Waals surface area contributed by atoms with Crippen LogP contribution in [0, 0.1) is 13.8 Å². The Labute approximate surface area is 145 Å². The van der Waals surface area contributed by atoms with Gasteiger partial charge in [-0.2, -0.15) is 4.98 Å².